The maximum atomic E-state index is 9.85. The van der Waals surface area contributed by atoms with E-state index in [0.717, 1.165) is 17.9 Å². The summed E-state index contributed by atoms with van der Waals surface area (Å²) < 4.78 is 12.9. The van der Waals surface area contributed by atoms with Crippen molar-refractivity contribution >= 4 is 12.3 Å². The number of amides is 1. The first-order valence-electron chi connectivity index (χ1n) is 9.37. The predicted molar refractivity (Wildman–Crippen MR) is 102 cm³/mol. The number of nitrogens with zero attached hydrogens (tertiary/aromatic N) is 3. The molecule has 0 radical (unpaired) electrons. The molecule has 0 unspecified atom stereocenters. The highest BCUT2D eigenvalue weighted by molar-refractivity contribution is 5.46. The van der Waals surface area contributed by atoms with Crippen LogP contribution < -0.4 is 10.1 Å². The van der Waals surface area contributed by atoms with Crippen molar-refractivity contribution in [1.82, 2.24) is 19.9 Å². The van der Waals surface area contributed by atoms with Gasteiger partial charge in [0.2, 0.25) is 6.41 Å². The van der Waals surface area contributed by atoms with E-state index >= 15 is 0 Å². The van der Waals surface area contributed by atoms with E-state index in [-0.39, 0.29) is 0 Å². The van der Waals surface area contributed by atoms with Gasteiger partial charge in [0.05, 0.1) is 5.69 Å². The summed E-state index contributed by atoms with van der Waals surface area (Å²) in [6, 6.07) is 10.2. The lowest BCUT2D eigenvalue weighted by molar-refractivity contribution is -0.110. The Kier molecular flexibility index (Phi) is 6.11. The number of nitrogens with one attached hydrogen (secondary N) is 1. The zero-order chi connectivity index (χ0) is 19.2. The van der Waals surface area contributed by atoms with E-state index in [0.29, 0.717) is 29.6 Å². The lowest BCUT2D eigenvalue weighted by Gasteiger charge is -2.03. The monoisotopic (exact) mass is 370 g/mol. The number of para-hydroxylation sites is 1. The molecule has 7 nitrogen and oxygen atoms in total. The van der Waals surface area contributed by atoms with Gasteiger partial charge in [0.1, 0.15) is 11.5 Å². The first-order valence-corrected chi connectivity index (χ1v) is 9.37. The Labute approximate surface area is 158 Å². The maximum absolute atomic E-state index is 9.85. The number of aromatic nitrogens is 3. The third kappa shape index (κ3) is 4.67. The fourth-order valence-corrected chi connectivity index (χ4v) is 3.32. The van der Waals surface area contributed by atoms with Gasteiger partial charge in [-0.1, -0.05) is 44.9 Å². The number of rotatable bonds is 5. The Bertz CT molecular complexity index is 864. The number of oxazole rings is 1. The van der Waals surface area contributed by atoms with Crippen molar-refractivity contribution < 1.29 is 13.9 Å². The van der Waals surface area contributed by atoms with Crippen molar-refractivity contribution in [2.45, 2.75) is 58.4 Å². The molecule has 1 fully saturated rings. The van der Waals surface area contributed by atoms with Crippen LogP contribution in [0.5, 0.6) is 11.8 Å². The quantitative estimate of drug-likeness (QED) is 0.680. The van der Waals surface area contributed by atoms with Crippen molar-refractivity contribution in [3.8, 4) is 11.8 Å². The number of carbonyl (C=O) groups excluding carboxylic acids is 1. The van der Waals surface area contributed by atoms with Crippen LogP contribution in [0.3, 0.4) is 0 Å². The van der Waals surface area contributed by atoms with Crippen LogP contribution in [-0.4, -0.2) is 27.0 Å². The molecule has 0 bridgehead atoms. The maximum Gasteiger partial charge on any atom is 0.344 e. The molecule has 0 spiro atoms. The van der Waals surface area contributed by atoms with Gasteiger partial charge >= 0.3 is 11.9 Å². The van der Waals surface area contributed by atoms with Crippen molar-refractivity contribution in [3.05, 3.63) is 41.8 Å². The van der Waals surface area contributed by atoms with Crippen molar-refractivity contribution in [2.24, 2.45) is 0 Å². The van der Waals surface area contributed by atoms with Crippen LogP contribution in [0.1, 0.15) is 56.9 Å². The number of hydrogen-bond donors (Lipinski definition) is 1. The fourth-order valence-electron chi connectivity index (χ4n) is 3.32. The Morgan fingerprint density at radius 1 is 1.26 bits per heavy atom. The van der Waals surface area contributed by atoms with Crippen LogP contribution >= 0.6 is 0 Å². The van der Waals surface area contributed by atoms with E-state index in [9.17, 15) is 4.79 Å². The Hall–Kier alpha value is -2.83. The molecule has 2 aromatic heterocycles. The smallest absolute Gasteiger partial charge is 0.344 e. The van der Waals surface area contributed by atoms with E-state index in [1.807, 2.05) is 37.3 Å². The van der Waals surface area contributed by atoms with Crippen molar-refractivity contribution in [2.75, 3.05) is 0 Å². The number of carbonyl (C=O) groups is 1. The molecule has 27 heavy (non-hydrogen) atoms. The summed E-state index contributed by atoms with van der Waals surface area (Å²) in [5.41, 5.74) is 1.02. The molecule has 1 saturated carbocycles. The Balaban J connectivity index is 0.000000221. The van der Waals surface area contributed by atoms with Crippen molar-refractivity contribution in [3.63, 3.8) is 0 Å². The van der Waals surface area contributed by atoms with Crippen LogP contribution in [0.25, 0.3) is 5.84 Å². The SMILES string of the molecule is Cc1oc2nc(Oc3ccccc3)nn2c1C(C)C.O=CNC1CCCC1. The molecule has 3 aromatic rings. The van der Waals surface area contributed by atoms with Gasteiger partial charge in [-0.25, -0.2) is 0 Å². The van der Waals surface area contributed by atoms with Gasteiger partial charge in [-0.3, -0.25) is 4.79 Å². The molecule has 7 heteroatoms. The Morgan fingerprint density at radius 3 is 2.59 bits per heavy atom. The largest absolute Gasteiger partial charge is 0.427 e. The standard InChI is InChI=1S/C14H15N3O2.C6H11NO/c1-9(2)12-10(3)18-14-15-13(16-17(12)14)19-11-7-5-4-6-8-11;8-5-7-6-3-1-2-4-6/h4-9H,1-3H3;5-6H,1-4H2,(H,7,8). The van der Waals surface area contributed by atoms with E-state index in [1.54, 1.807) is 4.52 Å². The highest BCUT2D eigenvalue weighted by Gasteiger charge is 2.18. The minimum atomic E-state index is 0.298. The highest BCUT2D eigenvalue weighted by atomic mass is 16.5. The van der Waals surface area contributed by atoms with Gasteiger partial charge in [0.15, 0.2) is 0 Å². The third-order valence-electron chi connectivity index (χ3n) is 4.55. The Morgan fingerprint density at radius 2 is 1.96 bits per heavy atom. The van der Waals surface area contributed by atoms with Crippen LogP contribution in [0.2, 0.25) is 0 Å². The molecule has 1 amide bonds. The van der Waals surface area contributed by atoms with Gasteiger partial charge in [0.25, 0.3) is 0 Å². The molecule has 144 valence electrons. The van der Waals surface area contributed by atoms with Crippen LogP contribution in [0.15, 0.2) is 34.7 Å². The fraction of sp³-hybridized carbons (Fsp3) is 0.450. The van der Waals surface area contributed by atoms with Crippen molar-refractivity contribution in [1.29, 1.82) is 0 Å². The lowest BCUT2D eigenvalue weighted by atomic mass is 10.1. The van der Waals surface area contributed by atoms with Gasteiger partial charge in [-0.2, -0.15) is 4.52 Å². The summed E-state index contributed by atoms with van der Waals surface area (Å²) in [4.78, 5) is 14.1. The summed E-state index contributed by atoms with van der Waals surface area (Å²) >= 11 is 0. The van der Waals surface area contributed by atoms with Crippen LogP contribution in [0, 0.1) is 6.92 Å². The van der Waals surface area contributed by atoms with Gasteiger partial charge in [-0.15, -0.1) is 10.1 Å². The molecular formula is C20H26N4O3. The molecule has 4 rings (SSSR count). The minimum absolute atomic E-state index is 0.298. The molecule has 1 aliphatic rings. The van der Waals surface area contributed by atoms with E-state index in [2.05, 4.69) is 29.2 Å². The first-order chi connectivity index (χ1) is 13.1. The molecule has 1 N–H and O–H groups in total. The summed E-state index contributed by atoms with van der Waals surface area (Å²) in [5, 5.41) is 7.10. The van der Waals surface area contributed by atoms with E-state index < -0.39 is 0 Å². The second-order valence-corrected chi connectivity index (χ2v) is 6.97. The normalized spacial score (nSPS) is 14.2. The number of ether oxygens (including phenoxy) is 1. The lowest BCUT2D eigenvalue weighted by Crippen LogP contribution is -2.23. The van der Waals surface area contributed by atoms with Crippen LogP contribution in [0.4, 0.5) is 0 Å². The molecule has 0 atom stereocenters. The van der Waals surface area contributed by atoms with E-state index in [4.69, 9.17) is 9.15 Å². The van der Waals surface area contributed by atoms with Gasteiger partial charge in [-0.05, 0) is 37.8 Å². The average Bonchev–Trinajstić information content (AvgIpc) is 3.33. The second-order valence-electron chi connectivity index (χ2n) is 6.97. The second kappa shape index (κ2) is 8.70. The topological polar surface area (TPSA) is 81.7 Å². The summed E-state index contributed by atoms with van der Waals surface area (Å²) in [5.74, 6) is 2.33. The third-order valence-corrected chi connectivity index (χ3v) is 4.55. The minimum Gasteiger partial charge on any atom is -0.427 e. The zero-order valence-corrected chi connectivity index (χ0v) is 16.0. The summed E-state index contributed by atoms with van der Waals surface area (Å²) in [6.45, 7) is 6.11. The predicted octanol–water partition coefficient (Wildman–Crippen LogP) is 4.22. The molecule has 2 heterocycles. The zero-order valence-electron chi connectivity index (χ0n) is 16.0. The molecular weight excluding hydrogens is 344 g/mol. The van der Waals surface area contributed by atoms with E-state index in [1.165, 1.54) is 25.7 Å². The molecule has 1 aromatic carbocycles. The molecule has 0 aliphatic heterocycles. The number of aryl methyl sites for hydroxylation is 1. The molecule has 0 saturated heterocycles. The van der Waals surface area contributed by atoms with Gasteiger partial charge < -0.3 is 14.5 Å². The highest BCUT2D eigenvalue weighted by Crippen LogP contribution is 2.25. The number of fused-ring (bicyclic) bond motifs is 1. The average molecular weight is 370 g/mol. The number of hydrogen-bond acceptors (Lipinski definition) is 5. The summed E-state index contributed by atoms with van der Waals surface area (Å²) in [6.07, 6.45) is 5.73. The summed E-state index contributed by atoms with van der Waals surface area (Å²) in [7, 11) is 0. The van der Waals surface area contributed by atoms with Gasteiger partial charge in [0, 0.05) is 6.04 Å². The van der Waals surface area contributed by atoms with Crippen LogP contribution in [-0.2, 0) is 4.79 Å². The first kappa shape index (κ1) is 18.9. The molecule has 1 aliphatic carbocycles. The number of benzene rings is 1.